The van der Waals surface area contributed by atoms with E-state index in [1.807, 2.05) is 47.4 Å². The van der Waals surface area contributed by atoms with Gasteiger partial charge in [0.05, 0.1) is 18.1 Å². The molecule has 2 aromatic carbocycles. The molecule has 140 valence electrons. The summed E-state index contributed by atoms with van der Waals surface area (Å²) in [6.07, 6.45) is 1.99. The third-order valence-electron chi connectivity index (χ3n) is 4.99. The number of nitrogens with zero attached hydrogens (tertiary/aromatic N) is 2. The Bertz CT molecular complexity index is 904. The second kappa shape index (κ2) is 7.70. The molecule has 27 heavy (non-hydrogen) atoms. The second-order valence-corrected chi connectivity index (χ2v) is 6.76. The summed E-state index contributed by atoms with van der Waals surface area (Å²) in [5.74, 6) is 2.38. The zero-order valence-corrected chi connectivity index (χ0v) is 15.4. The van der Waals surface area contributed by atoms with Crippen LogP contribution in [0.25, 0.3) is 11.0 Å². The number of aromatic nitrogens is 2. The first-order valence-corrected chi connectivity index (χ1v) is 9.23. The van der Waals surface area contributed by atoms with Crippen LogP contribution in [0, 0.1) is 0 Å². The number of H-pyrrole nitrogens is 1. The molecule has 1 N–H and O–H groups in total. The van der Waals surface area contributed by atoms with Crippen LogP contribution in [0.4, 0.5) is 0 Å². The minimum Gasteiger partial charge on any atom is -0.493 e. The summed E-state index contributed by atoms with van der Waals surface area (Å²) < 4.78 is 11.0. The fourth-order valence-corrected chi connectivity index (χ4v) is 3.56. The van der Waals surface area contributed by atoms with E-state index in [1.165, 1.54) is 0 Å². The number of hydrogen-bond donors (Lipinski definition) is 1. The average molecular weight is 365 g/mol. The lowest BCUT2D eigenvalue weighted by molar-refractivity contribution is -0.134. The Morgan fingerprint density at radius 1 is 1.19 bits per heavy atom. The molecule has 6 nitrogen and oxygen atoms in total. The summed E-state index contributed by atoms with van der Waals surface area (Å²) in [6.45, 7) is 1.42. The monoisotopic (exact) mass is 365 g/mol. The number of methoxy groups -OCH3 is 1. The van der Waals surface area contributed by atoms with Gasteiger partial charge in [0.2, 0.25) is 0 Å². The third-order valence-corrected chi connectivity index (χ3v) is 4.99. The molecule has 0 aliphatic carbocycles. The molecule has 1 amide bonds. The number of imidazole rings is 1. The van der Waals surface area contributed by atoms with Gasteiger partial charge in [-0.15, -0.1) is 0 Å². The molecule has 1 atom stereocenters. The molecule has 0 spiro atoms. The molecule has 0 bridgehead atoms. The Balaban J connectivity index is 1.40. The number of amides is 1. The summed E-state index contributed by atoms with van der Waals surface area (Å²) in [5.41, 5.74) is 2.01. The molecule has 6 heteroatoms. The van der Waals surface area contributed by atoms with E-state index < -0.39 is 0 Å². The van der Waals surface area contributed by atoms with E-state index in [1.54, 1.807) is 13.2 Å². The van der Waals surface area contributed by atoms with E-state index in [9.17, 15) is 4.79 Å². The van der Waals surface area contributed by atoms with E-state index in [4.69, 9.17) is 14.5 Å². The molecule has 1 saturated heterocycles. The van der Waals surface area contributed by atoms with Gasteiger partial charge in [-0.25, -0.2) is 4.98 Å². The maximum absolute atomic E-state index is 12.6. The van der Waals surface area contributed by atoms with E-state index in [2.05, 4.69) is 4.98 Å². The van der Waals surface area contributed by atoms with Crippen LogP contribution in [-0.2, 0) is 4.79 Å². The number of benzene rings is 2. The summed E-state index contributed by atoms with van der Waals surface area (Å²) in [5, 5.41) is 0. The maximum atomic E-state index is 12.6. The Morgan fingerprint density at radius 3 is 2.78 bits per heavy atom. The molecular weight excluding hydrogens is 342 g/mol. The lowest BCUT2D eigenvalue weighted by Gasteiger charge is -2.31. The van der Waals surface area contributed by atoms with Gasteiger partial charge < -0.3 is 19.4 Å². The predicted molar refractivity (Wildman–Crippen MR) is 103 cm³/mol. The van der Waals surface area contributed by atoms with Gasteiger partial charge in [0.15, 0.2) is 18.1 Å². The molecule has 2 heterocycles. The summed E-state index contributed by atoms with van der Waals surface area (Å²) in [7, 11) is 1.59. The van der Waals surface area contributed by atoms with Gasteiger partial charge in [0.1, 0.15) is 5.82 Å². The molecule has 4 rings (SSSR count). The molecule has 1 aromatic heterocycles. The zero-order chi connectivity index (χ0) is 18.6. The summed E-state index contributed by atoms with van der Waals surface area (Å²) >= 11 is 0. The number of fused-ring (bicyclic) bond motifs is 1. The van der Waals surface area contributed by atoms with E-state index in [0.29, 0.717) is 18.0 Å². The highest BCUT2D eigenvalue weighted by Gasteiger charge is 2.27. The highest BCUT2D eigenvalue weighted by Crippen LogP contribution is 2.28. The number of aromatic amines is 1. The smallest absolute Gasteiger partial charge is 0.260 e. The Labute approximate surface area is 158 Å². The molecule has 0 saturated carbocycles. The van der Waals surface area contributed by atoms with Crippen molar-refractivity contribution in [2.45, 2.75) is 18.8 Å². The topological polar surface area (TPSA) is 67.5 Å². The first-order chi connectivity index (χ1) is 13.2. The number of carbonyl (C=O) groups is 1. The van der Waals surface area contributed by atoms with Crippen LogP contribution in [0.1, 0.15) is 24.6 Å². The fraction of sp³-hybridized carbons (Fsp3) is 0.333. The molecule has 0 unspecified atom stereocenters. The first-order valence-electron chi connectivity index (χ1n) is 9.23. The van der Waals surface area contributed by atoms with Crippen molar-refractivity contribution in [3.8, 4) is 11.5 Å². The first kappa shape index (κ1) is 17.4. The van der Waals surface area contributed by atoms with Gasteiger partial charge in [-0.1, -0.05) is 24.3 Å². The standard InChI is InChI=1S/C21H23N3O3/c1-26-18-10-4-5-11-19(18)27-14-20(25)24-12-6-7-15(13-24)21-22-16-8-2-3-9-17(16)23-21/h2-5,8-11,15H,6-7,12-14H2,1H3,(H,22,23)/t15-/m1/s1. The second-order valence-electron chi connectivity index (χ2n) is 6.76. The van der Waals surface area contributed by atoms with Crippen molar-refractivity contribution in [1.82, 2.24) is 14.9 Å². The molecule has 1 aliphatic rings. The normalized spacial score (nSPS) is 17.1. The zero-order valence-electron chi connectivity index (χ0n) is 15.4. The van der Waals surface area contributed by atoms with E-state index in [-0.39, 0.29) is 18.4 Å². The van der Waals surface area contributed by atoms with Crippen molar-refractivity contribution in [3.63, 3.8) is 0 Å². The van der Waals surface area contributed by atoms with Gasteiger partial charge in [0.25, 0.3) is 5.91 Å². The van der Waals surface area contributed by atoms with Crippen molar-refractivity contribution in [1.29, 1.82) is 0 Å². The fourth-order valence-electron chi connectivity index (χ4n) is 3.56. The third kappa shape index (κ3) is 3.74. The minimum atomic E-state index is -0.0123. The van der Waals surface area contributed by atoms with Crippen LogP contribution >= 0.6 is 0 Å². The average Bonchev–Trinajstić information content (AvgIpc) is 3.16. The van der Waals surface area contributed by atoms with Crippen LogP contribution in [0.3, 0.4) is 0 Å². The van der Waals surface area contributed by atoms with Gasteiger partial charge in [-0.05, 0) is 37.1 Å². The number of ether oxygens (including phenoxy) is 2. The highest BCUT2D eigenvalue weighted by molar-refractivity contribution is 5.78. The lowest BCUT2D eigenvalue weighted by atomic mass is 9.97. The number of likely N-dealkylation sites (tertiary alicyclic amines) is 1. The van der Waals surface area contributed by atoms with Crippen molar-refractivity contribution >= 4 is 16.9 Å². The number of para-hydroxylation sites is 4. The van der Waals surface area contributed by atoms with Crippen molar-refractivity contribution < 1.29 is 14.3 Å². The molecular formula is C21H23N3O3. The SMILES string of the molecule is COc1ccccc1OCC(=O)N1CCC[C@@H](c2nc3ccccc3[nH]2)C1. The van der Waals surface area contributed by atoms with Crippen molar-refractivity contribution in [3.05, 3.63) is 54.4 Å². The van der Waals surface area contributed by atoms with E-state index >= 15 is 0 Å². The number of hydrogen-bond acceptors (Lipinski definition) is 4. The molecule has 1 fully saturated rings. The number of nitrogens with one attached hydrogen (secondary N) is 1. The largest absolute Gasteiger partial charge is 0.493 e. The number of piperidine rings is 1. The van der Waals surface area contributed by atoms with Crippen molar-refractivity contribution in [2.75, 3.05) is 26.8 Å². The lowest BCUT2D eigenvalue weighted by Crippen LogP contribution is -2.41. The quantitative estimate of drug-likeness (QED) is 0.753. The van der Waals surface area contributed by atoms with Crippen LogP contribution < -0.4 is 9.47 Å². The Kier molecular flexibility index (Phi) is 4.96. The van der Waals surface area contributed by atoms with Gasteiger partial charge in [-0.3, -0.25) is 4.79 Å². The summed E-state index contributed by atoms with van der Waals surface area (Å²) in [4.78, 5) is 22.6. The van der Waals surface area contributed by atoms with Crippen LogP contribution in [0.2, 0.25) is 0 Å². The summed E-state index contributed by atoms with van der Waals surface area (Å²) in [6, 6.07) is 15.4. The number of carbonyl (C=O) groups excluding carboxylic acids is 1. The van der Waals surface area contributed by atoms with Gasteiger partial charge >= 0.3 is 0 Å². The number of rotatable bonds is 5. The Morgan fingerprint density at radius 2 is 1.96 bits per heavy atom. The Hall–Kier alpha value is -3.02. The van der Waals surface area contributed by atoms with Gasteiger partial charge in [-0.2, -0.15) is 0 Å². The molecule has 1 aliphatic heterocycles. The van der Waals surface area contributed by atoms with Crippen LogP contribution in [-0.4, -0.2) is 47.6 Å². The maximum Gasteiger partial charge on any atom is 0.260 e. The predicted octanol–water partition coefficient (Wildman–Crippen LogP) is 3.36. The van der Waals surface area contributed by atoms with Crippen LogP contribution in [0.15, 0.2) is 48.5 Å². The molecule has 3 aromatic rings. The van der Waals surface area contributed by atoms with Crippen molar-refractivity contribution in [2.24, 2.45) is 0 Å². The van der Waals surface area contributed by atoms with Gasteiger partial charge in [0, 0.05) is 19.0 Å². The molecule has 0 radical (unpaired) electrons. The van der Waals surface area contributed by atoms with E-state index in [0.717, 1.165) is 36.2 Å². The highest BCUT2D eigenvalue weighted by atomic mass is 16.5. The minimum absolute atomic E-state index is 0.00717. The van der Waals surface area contributed by atoms with Crippen LogP contribution in [0.5, 0.6) is 11.5 Å².